The minimum Gasteiger partial charge on any atom is -0.340 e. The predicted octanol–water partition coefficient (Wildman–Crippen LogP) is 3.86. The lowest BCUT2D eigenvalue weighted by atomic mass is 9.84. The van der Waals surface area contributed by atoms with Crippen molar-refractivity contribution in [2.24, 2.45) is 0 Å². The van der Waals surface area contributed by atoms with Crippen molar-refractivity contribution < 1.29 is 4.79 Å². The quantitative estimate of drug-likeness (QED) is 0.787. The number of hydrogen-bond acceptors (Lipinski definition) is 3. The Bertz CT molecular complexity index is 691. The van der Waals surface area contributed by atoms with Gasteiger partial charge in [0.1, 0.15) is 0 Å². The summed E-state index contributed by atoms with van der Waals surface area (Å²) in [7, 11) is 0. The highest BCUT2D eigenvalue weighted by Gasteiger charge is 2.35. The van der Waals surface area contributed by atoms with Gasteiger partial charge in [0.2, 0.25) is 5.91 Å². The van der Waals surface area contributed by atoms with Crippen LogP contribution in [0.15, 0.2) is 60.7 Å². The van der Waals surface area contributed by atoms with E-state index in [0.29, 0.717) is 24.4 Å². The third-order valence-electron chi connectivity index (χ3n) is 5.82. The molecule has 1 atom stereocenters. The van der Waals surface area contributed by atoms with Crippen LogP contribution in [-0.4, -0.2) is 59.4 Å². The van der Waals surface area contributed by atoms with E-state index in [0.717, 1.165) is 37.6 Å². The van der Waals surface area contributed by atoms with Gasteiger partial charge >= 0.3 is 0 Å². The molecule has 0 bridgehead atoms. The third-order valence-corrected chi connectivity index (χ3v) is 6.76. The highest BCUT2D eigenvalue weighted by Crippen LogP contribution is 2.36. The maximum atomic E-state index is 12.9. The van der Waals surface area contributed by atoms with E-state index in [-0.39, 0.29) is 0 Å². The molecule has 0 saturated carbocycles. The molecular weight excluding hydrogens is 352 g/mol. The van der Waals surface area contributed by atoms with Crippen molar-refractivity contribution in [1.82, 2.24) is 9.80 Å². The van der Waals surface area contributed by atoms with Crippen molar-refractivity contribution in [3.63, 3.8) is 0 Å². The van der Waals surface area contributed by atoms with Crippen molar-refractivity contribution in [3.05, 3.63) is 71.8 Å². The normalized spacial score (nSPS) is 20.9. The SMILES string of the molecule is O=C(CN1CCCC1C(c1ccccc1)c1ccccc1)N1CCSCC1. The Balaban J connectivity index is 1.56. The lowest BCUT2D eigenvalue weighted by molar-refractivity contribution is -0.132. The average molecular weight is 381 g/mol. The van der Waals surface area contributed by atoms with E-state index in [1.807, 2.05) is 11.8 Å². The molecule has 1 unspecified atom stereocenters. The number of rotatable bonds is 5. The summed E-state index contributed by atoms with van der Waals surface area (Å²) in [5.74, 6) is 2.78. The Kier molecular flexibility index (Phi) is 6.15. The van der Waals surface area contributed by atoms with Crippen molar-refractivity contribution in [1.29, 1.82) is 0 Å². The number of carbonyl (C=O) groups is 1. The van der Waals surface area contributed by atoms with Gasteiger partial charge in [-0.2, -0.15) is 11.8 Å². The molecule has 0 radical (unpaired) electrons. The Hall–Kier alpha value is -1.78. The van der Waals surface area contributed by atoms with Gasteiger partial charge in [-0.25, -0.2) is 0 Å². The highest BCUT2D eigenvalue weighted by molar-refractivity contribution is 7.99. The Labute approximate surface area is 166 Å². The maximum absolute atomic E-state index is 12.9. The molecule has 2 saturated heterocycles. The topological polar surface area (TPSA) is 23.6 Å². The molecule has 4 heteroatoms. The van der Waals surface area contributed by atoms with E-state index in [2.05, 4.69) is 70.5 Å². The van der Waals surface area contributed by atoms with Crippen LogP contribution in [0, 0.1) is 0 Å². The molecule has 2 aromatic carbocycles. The molecule has 2 aliphatic heterocycles. The summed E-state index contributed by atoms with van der Waals surface area (Å²) in [5.41, 5.74) is 2.70. The van der Waals surface area contributed by atoms with Crippen LogP contribution in [0.3, 0.4) is 0 Å². The molecule has 27 heavy (non-hydrogen) atoms. The monoisotopic (exact) mass is 380 g/mol. The molecule has 0 aromatic heterocycles. The standard InChI is InChI=1S/C23H28N2OS/c26-22(24-14-16-27-17-15-24)18-25-13-7-12-21(25)23(19-8-3-1-4-9-19)20-10-5-2-6-11-20/h1-6,8-11,21,23H,7,12-18H2. The molecule has 2 fully saturated rings. The number of benzene rings is 2. The van der Waals surface area contributed by atoms with Crippen LogP contribution in [0.1, 0.15) is 29.9 Å². The second-order valence-electron chi connectivity index (χ2n) is 7.47. The van der Waals surface area contributed by atoms with Crippen LogP contribution in [-0.2, 0) is 4.79 Å². The van der Waals surface area contributed by atoms with Crippen molar-refractivity contribution in [2.75, 3.05) is 37.7 Å². The van der Waals surface area contributed by atoms with E-state index in [4.69, 9.17) is 0 Å². The summed E-state index contributed by atoms with van der Waals surface area (Å²) in [6, 6.07) is 22.0. The average Bonchev–Trinajstić information content (AvgIpc) is 3.18. The number of hydrogen-bond donors (Lipinski definition) is 0. The first kappa shape index (κ1) is 18.6. The zero-order valence-electron chi connectivity index (χ0n) is 15.8. The van der Waals surface area contributed by atoms with Crippen molar-refractivity contribution >= 4 is 17.7 Å². The number of nitrogens with zero attached hydrogens (tertiary/aromatic N) is 2. The van der Waals surface area contributed by atoms with E-state index in [9.17, 15) is 4.79 Å². The molecule has 0 aliphatic carbocycles. The van der Waals surface area contributed by atoms with Gasteiger partial charge in [-0.15, -0.1) is 0 Å². The van der Waals surface area contributed by atoms with Crippen molar-refractivity contribution in [3.8, 4) is 0 Å². The van der Waals surface area contributed by atoms with Gasteiger partial charge < -0.3 is 4.90 Å². The minimum absolute atomic E-state index is 0.307. The first-order valence-electron chi connectivity index (χ1n) is 10.0. The largest absolute Gasteiger partial charge is 0.340 e. The zero-order chi connectivity index (χ0) is 18.5. The summed E-state index contributed by atoms with van der Waals surface area (Å²) in [6.45, 7) is 3.40. The fourth-order valence-corrected chi connectivity index (χ4v) is 5.37. The molecule has 2 aliphatic rings. The molecule has 3 nitrogen and oxygen atoms in total. The zero-order valence-corrected chi connectivity index (χ0v) is 16.6. The Morgan fingerprint density at radius 1 is 0.926 bits per heavy atom. The number of carbonyl (C=O) groups excluding carboxylic acids is 1. The first-order valence-corrected chi connectivity index (χ1v) is 11.2. The van der Waals surface area contributed by atoms with Crippen LogP contribution in [0.4, 0.5) is 0 Å². The number of amides is 1. The van der Waals surface area contributed by atoms with Crippen LogP contribution in [0.5, 0.6) is 0 Å². The highest BCUT2D eigenvalue weighted by atomic mass is 32.2. The second kappa shape index (κ2) is 8.94. The van der Waals surface area contributed by atoms with E-state index < -0.39 is 0 Å². The van der Waals surface area contributed by atoms with Gasteiger partial charge in [0.15, 0.2) is 0 Å². The Morgan fingerprint density at radius 3 is 2.11 bits per heavy atom. The first-order chi connectivity index (χ1) is 13.3. The van der Waals surface area contributed by atoms with Gasteiger partial charge in [-0.1, -0.05) is 60.7 Å². The van der Waals surface area contributed by atoms with Gasteiger partial charge in [-0.3, -0.25) is 9.69 Å². The molecule has 2 heterocycles. The minimum atomic E-state index is 0.307. The molecule has 142 valence electrons. The molecule has 0 N–H and O–H groups in total. The van der Waals surface area contributed by atoms with Crippen molar-refractivity contribution in [2.45, 2.75) is 24.8 Å². The van der Waals surface area contributed by atoms with Gasteiger partial charge in [0.25, 0.3) is 0 Å². The lowest BCUT2D eigenvalue weighted by Crippen LogP contribution is -2.46. The van der Waals surface area contributed by atoms with Gasteiger partial charge in [-0.05, 0) is 30.5 Å². The fraction of sp³-hybridized carbons (Fsp3) is 0.435. The summed E-state index contributed by atoms with van der Waals surface area (Å²) in [5, 5.41) is 0. The predicted molar refractivity (Wildman–Crippen MR) is 113 cm³/mol. The second-order valence-corrected chi connectivity index (χ2v) is 8.70. The molecule has 1 amide bonds. The summed E-state index contributed by atoms with van der Waals surface area (Å²) < 4.78 is 0. The van der Waals surface area contributed by atoms with E-state index >= 15 is 0 Å². The smallest absolute Gasteiger partial charge is 0.236 e. The number of likely N-dealkylation sites (tertiary alicyclic amines) is 1. The maximum Gasteiger partial charge on any atom is 0.236 e. The summed E-state index contributed by atoms with van der Waals surface area (Å²) >= 11 is 1.95. The summed E-state index contributed by atoms with van der Waals surface area (Å²) in [6.07, 6.45) is 2.32. The van der Waals surface area contributed by atoms with Crippen LogP contribution in [0.2, 0.25) is 0 Å². The fourth-order valence-electron chi connectivity index (χ4n) is 4.47. The third kappa shape index (κ3) is 4.39. The molecular formula is C23H28N2OS. The van der Waals surface area contributed by atoms with Crippen LogP contribution < -0.4 is 0 Å². The summed E-state index contributed by atoms with van der Waals surface area (Å²) in [4.78, 5) is 17.4. The Morgan fingerprint density at radius 2 is 1.52 bits per heavy atom. The molecule has 4 rings (SSSR count). The van der Waals surface area contributed by atoms with E-state index in [1.165, 1.54) is 17.5 Å². The number of thioether (sulfide) groups is 1. The van der Waals surface area contributed by atoms with Gasteiger partial charge in [0, 0.05) is 36.6 Å². The lowest BCUT2D eigenvalue weighted by Gasteiger charge is -2.34. The van der Waals surface area contributed by atoms with Gasteiger partial charge in [0.05, 0.1) is 6.54 Å². The van der Waals surface area contributed by atoms with Crippen LogP contribution in [0.25, 0.3) is 0 Å². The molecule has 2 aromatic rings. The van der Waals surface area contributed by atoms with Crippen LogP contribution >= 0.6 is 11.8 Å². The van der Waals surface area contributed by atoms with E-state index in [1.54, 1.807) is 0 Å². The molecule has 0 spiro atoms.